The average Bonchev–Trinajstić information content (AvgIpc) is 2.22. The summed E-state index contributed by atoms with van der Waals surface area (Å²) in [7, 11) is 0. The highest BCUT2D eigenvalue weighted by Gasteiger charge is 2.21. The van der Waals surface area contributed by atoms with Gasteiger partial charge in [-0.25, -0.2) is 9.97 Å². The molecule has 0 aromatic carbocycles. The molecular weight excluding hydrogens is 188 g/mol. The van der Waals surface area contributed by atoms with Gasteiger partial charge in [-0.15, -0.1) is 0 Å². The fourth-order valence-electron chi connectivity index (χ4n) is 2.17. The first-order chi connectivity index (χ1) is 7.25. The number of rotatable bonds is 2. The second-order valence-electron chi connectivity index (χ2n) is 4.34. The van der Waals surface area contributed by atoms with E-state index >= 15 is 0 Å². The van der Waals surface area contributed by atoms with E-state index in [1.807, 2.05) is 0 Å². The zero-order valence-corrected chi connectivity index (χ0v) is 9.11. The first-order valence-corrected chi connectivity index (χ1v) is 5.60. The van der Waals surface area contributed by atoms with Gasteiger partial charge in [0.05, 0.1) is 0 Å². The van der Waals surface area contributed by atoms with Crippen LogP contribution in [-0.4, -0.2) is 16.0 Å². The van der Waals surface area contributed by atoms with Gasteiger partial charge in [-0.3, -0.25) is 0 Å². The van der Waals surface area contributed by atoms with Gasteiger partial charge in [0, 0.05) is 12.1 Å². The van der Waals surface area contributed by atoms with Crippen LogP contribution in [-0.2, 0) is 0 Å². The van der Waals surface area contributed by atoms with Crippen molar-refractivity contribution in [3.05, 3.63) is 12.4 Å². The molecule has 0 radical (unpaired) electrons. The fourth-order valence-corrected chi connectivity index (χ4v) is 2.17. The number of hydrogen-bond acceptors (Lipinski definition) is 4. The summed E-state index contributed by atoms with van der Waals surface area (Å²) in [4.78, 5) is 8.04. The van der Waals surface area contributed by atoms with E-state index in [0.717, 1.165) is 11.7 Å². The van der Waals surface area contributed by atoms with Crippen molar-refractivity contribution in [2.45, 2.75) is 38.6 Å². The smallest absolute Gasteiger partial charge is 0.131 e. The molecule has 0 aliphatic heterocycles. The number of nitrogens with two attached hydrogens (primary N) is 1. The zero-order valence-electron chi connectivity index (χ0n) is 9.11. The summed E-state index contributed by atoms with van der Waals surface area (Å²) in [6.07, 6.45) is 6.70. The Morgan fingerprint density at radius 3 is 2.87 bits per heavy atom. The molecule has 1 fully saturated rings. The predicted molar refractivity (Wildman–Crippen MR) is 61.5 cm³/mol. The van der Waals surface area contributed by atoms with Crippen LogP contribution in [0.4, 0.5) is 11.6 Å². The van der Waals surface area contributed by atoms with Crippen LogP contribution in [0.2, 0.25) is 0 Å². The van der Waals surface area contributed by atoms with Crippen LogP contribution < -0.4 is 11.1 Å². The molecule has 4 heteroatoms. The highest BCUT2D eigenvalue weighted by atomic mass is 15.0. The number of anilines is 2. The van der Waals surface area contributed by atoms with E-state index in [9.17, 15) is 0 Å². The molecule has 1 aliphatic carbocycles. The van der Waals surface area contributed by atoms with Crippen molar-refractivity contribution < 1.29 is 0 Å². The van der Waals surface area contributed by atoms with Gasteiger partial charge in [0.2, 0.25) is 0 Å². The van der Waals surface area contributed by atoms with Crippen LogP contribution in [0.1, 0.15) is 32.6 Å². The maximum absolute atomic E-state index is 5.61. The maximum atomic E-state index is 5.61. The van der Waals surface area contributed by atoms with Crippen LogP contribution in [0.5, 0.6) is 0 Å². The van der Waals surface area contributed by atoms with Crippen molar-refractivity contribution in [2.24, 2.45) is 5.92 Å². The van der Waals surface area contributed by atoms with Crippen LogP contribution in [0.3, 0.4) is 0 Å². The van der Waals surface area contributed by atoms with Gasteiger partial charge in [-0.1, -0.05) is 19.8 Å². The van der Waals surface area contributed by atoms with Crippen molar-refractivity contribution in [3.63, 3.8) is 0 Å². The zero-order chi connectivity index (χ0) is 10.7. The molecule has 0 unspecified atom stereocenters. The first kappa shape index (κ1) is 10.2. The molecule has 4 nitrogen and oxygen atoms in total. The van der Waals surface area contributed by atoms with Gasteiger partial charge >= 0.3 is 0 Å². The topological polar surface area (TPSA) is 63.8 Å². The van der Waals surface area contributed by atoms with Crippen molar-refractivity contribution >= 4 is 11.6 Å². The van der Waals surface area contributed by atoms with Gasteiger partial charge < -0.3 is 11.1 Å². The van der Waals surface area contributed by atoms with E-state index in [1.165, 1.54) is 32.0 Å². The number of aromatic nitrogens is 2. The molecule has 15 heavy (non-hydrogen) atoms. The summed E-state index contributed by atoms with van der Waals surface area (Å²) in [6, 6.07) is 2.33. The Hall–Kier alpha value is -1.32. The molecule has 0 saturated heterocycles. The summed E-state index contributed by atoms with van der Waals surface area (Å²) < 4.78 is 0. The van der Waals surface area contributed by atoms with Crippen molar-refractivity contribution in [2.75, 3.05) is 11.1 Å². The van der Waals surface area contributed by atoms with Crippen molar-refractivity contribution in [3.8, 4) is 0 Å². The van der Waals surface area contributed by atoms with Gasteiger partial charge in [0.1, 0.15) is 18.0 Å². The summed E-state index contributed by atoms with van der Waals surface area (Å²) in [5.74, 6) is 2.09. The Kier molecular flexibility index (Phi) is 3.04. The lowest BCUT2D eigenvalue weighted by Crippen LogP contribution is -2.30. The molecule has 0 amide bonds. The molecule has 1 aromatic rings. The van der Waals surface area contributed by atoms with Gasteiger partial charge in [-0.2, -0.15) is 0 Å². The third-order valence-corrected chi connectivity index (χ3v) is 3.13. The quantitative estimate of drug-likeness (QED) is 0.777. The number of nitrogen functional groups attached to an aromatic ring is 1. The lowest BCUT2D eigenvalue weighted by atomic mass is 9.86. The molecule has 1 saturated carbocycles. The minimum Gasteiger partial charge on any atom is -0.384 e. The largest absolute Gasteiger partial charge is 0.384 e. The molecule has 82 valence electrons. The molecule has 1 aliphatic rings. The van der Waals surface area contributed by atoms with Crippen LogP contribution in [0.15, 0.2) is 12.4 Å². The summed E-state index contributed by atoms with van der Waals surface area (Å²) in [5.41, 5.74) is 5.61. The third-order valence-electron chi connectivity index (χ3n) is 3.13. The van der Waals surface area contributed by atoms with Gasteiger partial charge in [0.25, 0.3) is 0 Å². The molecule has 2 atom stereocenters. The molecule has 0 spiro atoms. The normalized spacial score (nSPS) is 26.2. The Labute approximate surface area is 90.3 Å². The lowest BCUT2D eigenvalue weighted by molar-refractivity contribution is 0.349. The van der Waals surface area contributed by atoms with E-state index in [-0.39, 0.29) is 0 Å². The van der Waals surface area contributed by atoms with E-state index in [4.69, 9.17) is 5.73 Å². The third kappa shape index (κ3) is 2.58. The Morgan fingerprint density at radius 1 is 1.33 bits per heavy atom. The lowest BCUT2D eigenvalue weighted by Gasteiger charge is -2.29. The van der Waals surface area contributed by atoms with Crippen LogP contribution >= 0.6 is 0 Å². The van der Waals surface area contributed by atoms with Crippen LogP contribution in [0.25, 0.3) is 0 Å². The molecule has 2 rings (SSSR count). The average molecular weight is 206 g/mol. The second kappa shape index (κ2) is 4.47. The summed E-state index contributed by atoms with van der Waals surface area (Å²) in [6.45, 7) is 2.29. The first-order valence-electron chi connectivity index (χ1n) is 5.60. The van der Waals surface area contributed by atoms with E-state index in [1.54, 1.807) is 6.07 Å². The summed E-state index contributed by atoms with van der Waals surface area (Å²) in [5, 5.41) is 3.44. The Morgan fingerprint density at radius 2 is 2.13 bits per heavy atom. The van der Waals surface area contributed by atoms with Gasteiger partial charge in [-0.05, 0) is 18.8 Å². The van der Waals surface area contributed by atoms with E-state index in [2.05, 4.69) is 22.2 Å². The Bertz CT molecular complexity index is 326. The van der Waals surface area contributed by atoms with Gasteiger partial charge in [0.15, 0.2) is 0 Å². The second-order valence-corrected chi connectivity index (χ2v) is 4.34. The SMILES string of the molecule is C[C@H]1CCCC[C@H]1Nc1cc(N)ncn1. The monoisotopic (exact) mass is 206 g/mol. The van der Waals surface area contributed by atoms with Crippen molar-refractivity contribution in [1.82, 2.24) is 9.97 Å². The fraction of sp³-hybridized carbons (Fsp3) is 0.636. The molecule has 1 heterocycles. The van der Waals surface area contributed by atoms with E-state index < -0.39 is 0 Å². The standard InChI is InChI=1S/C11H18N4/c1-8-4-2-3-5-9(8)15-11-6-10(12)13-7-14-11/h6-9H,2-5H2,1H3,(H3,12,13,14,15)/t8-,9+/m0/s1. The maximum Gasteiger partial charge on any atom is 0.131 e. The molecular formula is C11H18N4. The number of nitrogens with zero attached hydrogens (tertiary/aromatic N) is 2. The number of hydrogen-bond donors (Lipinski definition) is 2. The number of nitrogens with one attached hydrogen (secondary N) is 1. The molecule has 0 bridgehead atoms. The minimum absolute atomic E-state index is 0.524. The van der Waals surface area contributed by atoms with Crippen molar-refractivity contribution in [1.29, 1.82) is 0 Å². The van der Waals surface area contributed by atoms with Crippen LogP contribution in [0, 0.1) is 5.92 Å². The molecule has 3 N–H and O–H groups in total. The Balaban J connectivity index is 2.01. The predicted octanol–water partition coefficient (Wildman–Crippen LogP) is 2.05. The van der Waals surface area contributed by atoms with E-state index in [0.29, 0.717) is 11.9 Å². The highest BCUT2D eigenvalue weighted by molar-refractivity contribution is 5.44. The highest BCUT2D eigenvalue weighted by Crippen LogP contribution is 2.26. The minimum atomic E-state index is 0.524. The molecule has 1 aromatic heterocycles. The summed E-state index contributed by atoms with van der Waals surface area (Å²) >= 11 is 0.